The highest BCUT2D eigenvalue weighted by atomic mass is 19.2. The average Bonchev–Trinajstić information content (AvgIpc) is 2.22. The molecule has 0 nitrogen and oxygen atoms in total. The number of rotatable bonds is 2. The van der Waals surface area contributed by atoms with E-state index in [4.69, 9.17) is 0 Å². The first-order valence-electron chi connectivity index (χ1n) is 6.67. The van der Waals surface area contributed by atoms with Crippen LogP contribution in [0.3, 0.4) is 0 Å². The second-order valence-electron chi connectivity index (χ2n) is 7.57. The van der Waals surface area contributed by atoms with Crippen molar-refractivity contribution in [2.75, 3.05) is 0 Å². The zero-order chi connectivity index (χ0) is 15.9. The van der Waals surface area contributed by atoms with Crippen LogP contribution in [-0.2, 0) is 0 Å². The van der Waals surface area contributed by atoms with Crippen molar-refractivity contribution in [1.82, 2.24) is 0 Å². The van der Waals surface area contributed by atoms with Gasteiger partial charge in [-0.15, -0.1) is 0 Å². The lowest BCUT2D eigenvalue weighted by molar-refractivity contribution is 0.218. The van der Waals surface area contributed by atoms with Crippen molar-refractivity contribution in [3.63, 3.8) is 0 Å². The highest BCUT2D eigenvalue weighted by Gasteiger charge is 2.36. The maximum Gasteiger partial charge on any atom is 0.194 e. The fourth-order valence-corrected chi connectivity index (χ4v) is 2.35. The Morgan fingerprint density at radius 1 is 0.850 bits per heavy atom. The molecule has 0 radical (unpaired) electrons. The minimum Gasteiger partial charge on any atom is -0.206 e. The van der Waals surface area contributed by atoms with Crippen LogP contribution in [-0.4, -0.2) is 0 Å². The van der Waals surface area contributed by atoms with Gasteiger partial charge in [0.2, 0.25) is 0 Å². The van der Waals surface area contributed by atoms with Crippen LogP contribution >= 0.6 is 0 Å². The normalized spacial score (nSPS) is 14.5. The molecule has 1 rings (SSSR count). The Labute approximate surface area is 118 Å². The van der Waals surface area contributed by atoms with Crippen molar-refractivity contribution in [3.05, 3.63) is 34.9 Å². The lowest BCUT2D eigenvalue weighted by atomic mass is 9.69. The predicted octanol–water partition coefficient (Wildman–Crippen LogP) is 5.81. The van der Waals surface area contributed by atoms with Crippen LogP contribution in [0.2, 0.25) is 0 Å². The first kappa shape index (κ1) is 17.0. The van der Waals surface area contributed by atoms with Gasteiger partial charge in [-0.05, 0) is 23.2 Å². The summed E-state index contributed by atoms with van der Waals surface area (Å²) in [6.45, 7) is 11.3. The van der Waals surface area contributed by atoms with Crippen molar-refractivity contribution in [1.29, 1.82) is 0 Å². The standard InChI is InChI=1S/C16H22F4/c1-15(2,3)8-9(16(4,5)6)12-10(17)7-11(18)13(19)14(12)20/h7,9H,8H2,1-6H3. The van der Waals surface area contributed by atoms with Gasteiger partial charge in [-0.2, -0.15) is 0 Å². The van der Waals surface area contributed by atoms with Gasteiger partial charge in [0.05, 0.1) is 0 Å². The fourth-order valence-electron chi connectivity index (χ4n) is 2.35. The summed E-state index contributed by atoms with van der Waals surface area (Å²) in [4.78, 5) is 0. The van der Waals surface area contributed by atoms with Gasteiger partial charge in [0.25, 0.3) is 0 Å². The van der Waals surface area contributed by atoms with E-state index in [0.29, 0.717) is 12.5 Å². The van der Waals surface area contributed by atoms with E-state index in [-0.39, 0.29) is 11.0 Å². The molecule has 1 aromatic rings. The third-order valence-electron chi connectivity index (χ3n) is 3.36. The molecule has 4 heteroatoms. The molecular weight excluding hydrogens is 268 g/mol. The molecule has 114 valence electrons. The molecule has 0 fully saturated rings. The summed E-state index contributed by atoms with van der Waals surface area (Å²) >= 11 is 0. The molecule has 0 aliphatic carbocycles. The molecule has 0 saturated carbocycles. The molecule has 1 atom stereocenters. The molecule has 0 N–H and O–H groups in total. The lowest BCUT2D eigenvalue weighted by Crippen LogP contribution is -2.26. The van der Waals surface area contributed by atoms with Crippen molar-refractivity contribution in [2.45, 2.75) is 53.9 Å². The van der Waals surface area contributed by atoms with Gasteiger partial charge in [-0.3, -0.25) is 0 Å². The van der Waals surface area contributed by atoms with Crippen molar-refractivity contribution >= 4 is 0 Å². The Balaban J connectivity index is 3.47. The van der Waals surface area contributed by atoms with Gasteiger partial charge in [0, 0.05) is 11.6 Å². The molecule has 1 unspecified atom stereocenters. The van der Waals surface area contributed by atoms with E-state index in [1.54, 1.807) is 0 Å². The van der Waals surface area contributed by atoms with Crippen LogP contribution in [0, 0.1) is 34.1 Å². The second kappa shape index (κ2) is 5.38. The van der Waals surface area contributed by atoms with Gasteiger partial charge in [0.1, 0.15) is 5.82 Å². The monoisotopic (exact) mass is 290 g/mol. The van der Waals surface area contributed by atoms with E-state index in [0.717, 1.165) is 0 Å². The quantitative estimate of drug-likeness (QED) is 0.366. The zero-order valence-corrected chi connectivity index (χ0v) is 12.9. The zero-order valence-electron chi connectivity index (χ0n) is 12.9. The van der Waals surface area contributed by atoms with Crippen molar-refractivity contribution in [2.24, 2.45) is 10.8 Å². The van der Waals surface area contributed by atoms with Gasteiger partial charge in [0.15, 0.2) is 17.5 Å². The number of hydrogen-bond donors (Lipinski definition) is 0. The highest BCUT2D eigenvalue weighted by Crippen LogP contribution is 2.45. The Morgan fingerprint density at radius 3 is 1.75 bits per heavy atom. The average molecular weight is 290 g/mol. The van der Waals surface area contributed by atoms with E-state index in [1.807, 2.05) is 41.5 Å². The van der Waals surface area contributed by atoms with E-state index in [1.165, 1.54) is 0 Å². The third kappa shape index (κ3) is 3.74. The summed E-state index contributed by atoms with van der Waals surface area (Å²) < 4.78 is 54.5. The van der Waals surface area contributed by atoms with Crippen LogP contribution in [0.1, 0.15) is 59.4 Å². The van der Waals surface area contributed by atoms with Gasteiger partial charge in [-0.1, -0.05) is 41.5 Å². The highest BCUT2D eigenvalue weighted by molar-refractivity contribution is 5.28. The third-order valence-corrected chi connectivity index (χ3v) is 3.36. The number of benzene rings is 1. The summed E-state index contributed by atoms with van der Waals surface area (Å²) in [5.74, 6) is -6.08. The lowest BCUT2D eigenvalue weighted by Gasteiger charge is -2.36. The van der Waals surface area contributed by atoms with Crippen LogP contribution in [0.15, 0.2) is 6.07 Å². The van der Waals surface area contributed by atoms with Gasteiger partial charge < -0.3 is 0 Å². The summed E-state index contributed by atoms with van der Waals surface area (Å²) in [6, 6.07) is 0.426. The molecule has 0 amide bonds. The van der Waals surface area contributed by atoms with Gasteiger partial charge >= 0.3 is 0 Å². The molecule has 0 heterocycles. The largest absolute Gasteiger partial charge is 0.206 e. The SMILES string of the molecule is CC(C)(C)CC(c1c(F)cc(F)c(F)c1F)C(C)(C)C. The van der Waals surface area contributed by atoms with Crippen LogP contribution in [0.25, 0.3) is 0 Å². The molecule has 1 aromatic carbocycles. The fraction of sp³-hybridized carbons (Fsp3) is 0.625. The van der Waals surface area contributed by atoms with Crippen molar-refractivity contribution in [3.8, 4) is 0 Å². The summed E-state index contributed by atoms with van der Waals surface area (Å²) in [5, 5.41) is 0. The minimum absolute atomic E-state index is 0.193. The molecule has 0 bridgehead atoms. The Kier molecular flexibility index (Phi) is 4.57. The summed E-state index contributed by atoms with van der Waals surface area (Å²) in [5.41, 5.74) is -1.02. The Bertz CT molecular complexity index is 493. The number of hydrogen-bond acceptors (Lipinski definition) is 0. The number of halogens is 4. The molecule has 0 aliphatic heterocycles. The smallest absolute Gasteiger partial charge is 0.194 e. The topological polar surface area (TPSA) is 0 Å². The second-order valence-corrected chi connectivity index (χ2v) is 7.57. The summed E-state index contributed by atoms with van der Waals surface area (Å²) in [6.07, 6.45) is 0.468. The van der Waals surface area contributed by atoms with E-state index >= 15 is 0 Å². The molecule has 0 spiro atoms. The molecular formula is C16H22F4. The predicted molar refractivity (Wildman–Crippen MR) is 72.5 cm³/mol. The van der Waals surface area contributed by atoms with Crippen molar-refractivity contribution < 1.29 is 17.6 Å². The molecule has 0 saturated heterocycles. The minimum atomic E-state index is -1.61. The first-order valence-corrected chi connectivity index (χ1v) is 6.67. The molecule has 0 aliphatic rings. The molecule has 0 aromatic heterocycles. The maximum atomic E-state index is 14.0. The first-order chi connectivity index (χ1) is 8.84. The summed E-state index contributed by atoms with van der Waals surface area (Å²) in [7, 11) is 0. The van der Waals surface area contributed by atoms with Gasteiger partial charge in [-0.25, -0.2) is 17.6 Å². The Morgan fingerprint density at radius 2 is 1.35 bits per heavy atom. The van der Waals surface area contributed by atoms with Crippen LogP contribution in [0.4, 0.5) is 17.6 Å². The molecule has 20 heavy (non-hydrogen) atoms. The van der Waals surface area contributed by atoms with Crippen LogP contribution in [0.5, 0.6) is 0 Å². The van der Waals surface area contributed by atoms with Crippen LogP contribution < -0.4 is 0 Å². The van der Waals surface area contributed by atoms with E-state index < -0.39 is 34.6 Å². The van der Waals surface area contributed by atoms with E-state index in [9.17, 15) is 17.6 Å². The van der Waals surface area contributed by atoms with E-state index in [2.05, 4.69) is 0 Å². The maximum absolute atomic E-state index is 14.0. The Hall–Kier alpha value is -1.06.